The van der Waals surface area contributed by atoms with Gasteiger partial charge in [-0.3, -0.25) is 30.6 Å². The Balaban J connectivity index is 1.74. The van der Waals surface area contributed by atoms with Crippen LogP contribution < -0.4 is 10.9 Å². The lowest BCUT2D eigenvalue weighted by Gasteiger charge is -2.26. The molecule has 0 bridgehead atoms. The Morgan fingerprint density at radius 2 is 1.74 bits per heavy atom. The Morgan fingerprint density at radius 1 is 1.06 bits per heavy atom. The van der Waals surface area contributed by atoms with E-state index in [4.69, 9.17) is 4.74 Å². The van der Waals surface area contributed by atoms with Crippen LogP contribution in [-0.2, 0) is 14.8 Å². The van der Waals surface area contributed by atoms with E-state index in [1.807, 2.05) is 10.9 Å². The lowest BCUT2D eigenvalue weighted by molar-refractivity contribution is -0.384. The van der Waals surface area contributed by atoms with Crippen LogP contribution in [0.1, 0.15) is 20.7 Å². The zero-order chi connectivity index (χ0) is 22.6. The molecule has 2 amide bonds. The Labute approximate surface area is 176 Å². The van der Waals surface area contributed by atoms with E-state index >= 15 is 0 Å². The number of halogens is 1. The first-order valence-electron chi connectivity index (χ1n) is 8.93. The van der Waals surface area contributed by atoms with Crippen LogP contribution in [0.4, 0.5) is 10.1 Å². The normalized spacial score (nSPS) is 14.6. The summed E-state index contributed by atoms with van der Waals surface area (Å²) in [4.78, 5) is 34.3. The van der Waals surface area contributed by atoms with E-state index in [9.17, 15) is 32.5 Å². The molecule has 2 aromatic carbocycles. The summed E-state index contributed by atoms with van der Waals surface area (Å²) in [5.74, 6) is -2.98. The molecule has 0 spiro atoms. The third kappa shape index (κ3) is 5.02. The zero-order valence-corrected chi connectivity index (χ0v) is 16.7. The van der Waals surface area contributed by atoms with Crippen molar-refractivity contribution in [3.8, 4) is 0 Å². The fourth-order valence-corrected chi connectivity index (χ4v) is 4.22. The molecule has 0 aliphatic carbocycles. The van der Waals surface area contributed by atoms with Gasteiger partial charge in [0.1, 0.15) is 5.82 Å². The first kappa shape index (κ1) is 22.3. The third-order valence-corrected chi connectivity index (χ3v) is 6.29. The lowest BCUT2D eigenvalue weighted by Crippen LogP contribution is -2.42. The molecule has 0 aromatic heterocycles. The van der Waals surface area contributed by atoms with E-state index in [1.54, 1.807) is 0 Å². The monoisotopic (exact) mass is 452 g/mol. The minimum atomic E-state index is -3.97. The van der Waals surface area contributed by atoms with Crippen molar-refractivity contribution in [3.05, 3.63) is 69.5 Å². The number of nitrogens with zero attached hydrogens (tertiary/aromatic N) is 2. The molecule has 1 aliphatic rings. The van der Waals surface area contributed by atoms with Crippen molar-refractivity contribution in [2.24, 2.45) is 0 Å². The number of amides is 2. The highest BCUT2D eigenvalue weighted by Gasteiger charge is 2.28. The van der Waals surface area contributed by atoms with Gasteiger partial charge in [0.25, 0.3) is 17.5 Å². The highest BCUT2D eigenvalue weighted by molar-refractivity contribution is 7.89. The number of carbonyl (C=O) groups excluding carboxylic acids is 2. The molecule has 1 saturated heterocycles. The SMILES string of the molecule is O=C(NNC(=O)c1cc(S(=O)(=O)N2CCOCC2)ccc1F)c1cccc([N+](=O)[O-])c1. The average molecular weight is 452 g/mol. The molecule has 0 saturated carbocycles. The van der Waals surface area contributed by atoms with Gasteiger partial charge in [0.05, 0.1) is 28.6 Å². The first-order chi connectivity index (χ1) is 14.7. The molecule has 31 heavy (non-hydrogen) atoms. The van der Waals surface area contributed by atoms with Gasteiger partial charge in [-0.05, 0) is 24.3 Å². The van der Waals surface area contributed by atoms with Crippen LogP contribution in [0.3, 0.4) is 0 Å². The summed E-state index contributed by atoms with van der Waals surface area (Å²) < 4.78 is 45.8. The van der Waals surface area contributed by atoms with E-state index in [0.717, 1.165) is 28.6 Å². The van der Waals surface area contributed by atoms with Crippen LogP contribution in [0.5, 0.6) is 0 Å². The number of nitrogens with one attached hydrogen (secondary N) is 2. The molecule has 1 heterocycles. The van der Waals surface area contributed by atoms with Crippen LogP contribution in [0.15, 0.2) is 47.4 Å². The number of hydrogen-bond acceptors (Lipinski definition) is 7. The molecule has 2 aromatic rings. The van der Waals surface area contributed by atoms with E-state index in [1.165, 1.54) is 18.2 Å². The predicted molar refractivity (Wildman–Crippen MR) is 104 cm³/mol. The fraction of sp³-hybridized carbons (Fsp3) is 0.222. The molecule has 13 heteroatoms. The van der Waals surface area contributed by atoms with Crippen molar-refractivity contribution in [3.63, 3.8) is 0 Å². The highest BCUT2D eigenvalue weighted by atomic mass is 32.2. The van der Waals surface area contributed by atoms with Gasteiger partial charge in [-0.1, -0.05) is 6.07 Å². The molecule has 0 radical (unpaired) electrons. The van der Waals surface area contributed by atoms with Crippen LogP contribution in [-0.4, -0.2) is 55.8 Å². The topological polar surface area (TPSA) is 148 Å². The van der Waals surface area contributed by atoms with E-state index in [-0.39, 0.29) is 42.4 Å². The maximum absolute atomic E-state index is 14.2. The van der Waals surface area contributed by atoms with Crippen LogP contribution in [0.25, 0.3) is 0 Å². The third-order valence-electron chi connectivity index (χ3n) is 4.40. The summed E-state index contributed by atoms with van der Waals surface area (Å²) in [7, 11) is -3.97. The number of rotatable bonds is 5. The number of nitro benzene ring substituents is 1. The minimum Gasteiger partial charge on any atom is -0.379 e. The number of hydrazine groups is 1. The predicted octanol–water partition coefficient (Wildman–Crippen LogP) is 0.830. The quantitative estimate of drug-likeness (QED) is 0.504. The molecule has 0 unspecified atom stereocenters. The van der Waals surface area contributed by atoms with Crippen LogP contribution >= 0.6 is 0 Å². The molecule has 0 atom stereocenters. The van der Waals surface area contributed by atoms with Crippen molar-refractivity contribution in [1.82, 2.24) is 15.2 Å². The number of sulfonamides is 1. The van der Waals surface area contributed by atoms with Gasteiger partial charge in [0, 0.05) is 30.8 Å². The first-order valence-corrected chi connectivity index (χ1v) is 10.4. The number of benzene rings is 2. The summed E-state index contributed by atoms with van der Waals surface area (Å²) >= 11 is 0. The summed E-state index contributed by atoms with van der Waals surface area (Å²) in [5.41, 5.74) is 2.93. The highest BCUT2D eigenvalue weighted by Crippen LogP contribution is 2.20. The molecule has 3 rings (SSSR count). The van der Waals surface area contributed by atoms with Crippen molar-refractivity contribution in [1.29, 1.82) is 0 Å². The van der Waals surface area contributed by atoms with Crippen molar-refractivity contribution >= 4 is 27.5 Å². The maximum Gasteiger partial charge on any atom is 0.272 e. The van der Waals surface area contributed by atoms with Crippen LogP contribution in [0.2, 0.25) is 0 Å². The number of nitro groups is 1. The standard InChI is InChI=1S/C18H17FN4O7S/c19-16-5-4-14(31(28,29)22-6-8-30-9-7-22)11-15(16)18(25)21-20-17(24)12-2-1-3-13(10-12)23(26)27/h1-5,10-11H,6-9H2,(H,20,24)(H,21,25). The van der Waals surface area contributed by atoms with Gasteiger partial charge in [0.15, 0.2) is 0 Å². The smallest absolute Gasteiger partial charge is 0.272 e. The summed E-state index contributed by atoms with van der Waals surface area (Å²) in [6.07, 6.45) is 0. The average Bonchev–Trinajstić information content (AvgIpc) is 2.78. The van der Waals surface area contributed by atoms with E-state index < -0.39 is 38.1 Å². The van der Waals surface area contributed by atoms with E-state index in [0.29, 0.717) is 0 Å². The van der Waals surface area contributed by atoms with Crippen molar-refractivity contribution in [2.45, 2.75) is 4.90 Å². The Morgan fingerprint density at radius 3 is 2.42 bits per heavy atom. The maximum atomic E-state index is 14.2. The minimum absolute atomic E-state index is 0.112. The second-order valence-corrected chi connectivity index (χ2v) is 8.31. The zero-order valence-electron chi connectivity index (χ0n) is 15.9. The van der Waals surface area contributed by atoms with Crippen molar-refractivity contribution < 1.29 is 32.1 Å². The molecule has 164 valence electrons. The Bertz CT molecular complexity index is 1130. The number of morpholine rings is 1. The number of hydrogen-bond donors (Lipinski definition) is 2. The molecule has 11 nitrogen and oxygen atoms in total. The summed E-state index contributed by atoms with van der Waals surface area (Å²) in [5, 5.41) is 10.8. The van der Waals surface area contributed by atoms with Crippen molar-refractivity contribution in [2.75, 3.05) is 26.3 Å². The van der Waals surface area contributed by atoms with Gasteiger partial charge < -0.3 is 4.74 Å². The van der Waals surface area contributed by atoms with Gasteiger partial charge in [0.2, 0.25) is 10.0 Å². The van der Waals surface area contributed by atoms with Gasteiger partial charge in [-0.25, -0.2) is 12.8 Å². The number of carbonyl (C=O) groups is 2. The Hall–Kier alpha value is -3.42. The fourth-order valence-electron chi connectivity index (χ4n) is 2.79. The largest absolute Gasteiger partial charge is 0.379 e. The second kappa shape index (κ2) is 9.16. The molecular weight excluding hydrogens is 435 g/mol. The van der Waals surface area contributed by atoms with Gasteiger partial charge >= 0.3 is 0 Å². The summed E-state index contributed by atoms with van der Waals surface area (Å²) in [6.45, 7) is 0.690. The molecule has 1 fully saturated rings. The molecule has 1 aliphatic heterocycles. The Kier molecular flexibility index (Phi) is 6.58. The van der Waals surface area contributed by atoms with E-state index in [2.05, 4.69) is 0 Å². The van der Waals surface area contributed by atoms with Crippen LogP contribution in [0, 0.1) is 15.9 Å². The molecular formula is C18H17FN4O7S. The number of non-ortho nitro benzene ring substituents is 1. The second-order valence-electron chi connectivity index (χ2n) is 6.37. The summed E-state index contributed by atoms with van der Waals surface area (Å²) in [6, 6.07) is 7.50. The molecule has 2 N–H and O–H groups in total. The van der Waals surface area contributed by atoms with Gasteiger partial charge in [-0.15, -0.1) is 0 Å². The van der Waals surface area contributed by atoms with Gasteiger partial charge in [-0.2, -0.15) is 4.31 Å². The number of ether oxygens (including phenoxy) is 1. The lowest BCUT2D eigenvalue weighted by atomic mass is 10.2.